The summed E-state index contributed by atoms with van der Waals surface area (Å²) < 4.78 is 0. The smallest absolute Gasteiger partial charge is 0.327 e. The molecular weight excluding hydrogens is 278 g/mol. The van der Waals surface area contributed by atoms with Crippen LogP contribution < -0.4 is 16.4 Å². The highest BCUT2D eigenvalue weighted by Gasteiger charge is 2.23. The Bertz CT molecular complexity index is 656. The summed E-state index contributed by atoms with van der Waals surface area (Å²) in [5.41, 5.74) is 6.22. The van der Waals surface area contributed by atoms with Crippen molar-refractivity contribution in [2.75, 3.05) is 5.32 Å². The van der Waals surface area contributed by atoms with E-state index in [2.05, 4.69) is 31.6 Å². The van der Waals surface area contributed by atoms with E-state index in [1.165, 1.54) is 6.33 Å². The van der Waals surface area contributed by atoms with Crippen molar-refractivity contribution >= 4 is 28.9 Å². The third-order valence-electron chi connectivity index (χ3n) is 2.78. The zero-order chi connectivity index (χ0) is 15.4. The van der Waals surface area contributed by atoms with Gasteiger partial charge in [-0.25, -0.2) is 19.7 Å². The van der Waals surface area contributed by atoms with Gasteiger partial charge in [0.1, 0.15) is 11.6 Å². The molecule has 3 amide bonds. The lowest BCUT2D eigenvalue weighted by molar-refractivity contribution is -0.123. The number of H-pyrrole nitrogens is 1. The van der Waals surface area contributed by atoms with Crippen LogP contribution in [0.15, 0.2) is 6.33 Å². The van der Waals surface area contributed by atoms with Gasteiger partial charge in [0.25, 0.3) is 0 Å². The predicted molar refractivity (Wildman–Crippen MR) is 72.0 cm³/mol. The monoisotopic (exact) mass is 292 g/mol. The molecule has 6 N–H and O–H groups in total. The zero-order valence-corrected chi connectivity index (χ0v) is 11.1. The summed E-state index contributed by atoms with van der Waals surface area (Å²) in [6.45, 7) is 1.67. The molecule has 2 atom stereocenters. The number of nitrogens with two attached hydrogens (primary N) is 1. The summed E-state index contributed by atoms with van der Waals surface area (Å²) in [4.78, 5) is 37.5. The van der Waals surface area contributed by atoms with Crippen molar-refractivity contribution in [3.8, 4) is 0 Å². The normalized spacial score (nSPS) is 13.7. The van der Waals surface area contributed by atoms with Gasteiger partial charge in [-0.15, -0.1) is 0 Å². The molecule has 2 heterocycles. The number of carbonyl (C=O) groups excluding carboxylic acids is 2. The second-order valence-corrected chi connectivity index (χ2v) is 4.22. The lowest BCUT2D eigenvalue weighted by atomic mass is 10.1. The molecule has 111 valence electrons. The molecule has 10 nitrogen and oxygen atoms in total. The molecule has 0 fully saturated rings. The molecule has 1 unspecified atom stereocenters. The van der Waals surface area contributed by atoms with Crippen LogP contribution >= 0.6 is 0 Å². The van der Waals surface area contributed by atoms with Crippen molar-refractivity contribution < 1.29 is 14.7 Å². The quantitative estimate of drug-likeness (QED) is 0.478. The second kappa shape index (κ2) is 6.24. The lowest BCUT2D eigenvalue weighted by Crippen LogP contribution is -2.50. The number of imide groups is 1. The highest BCUT2D eigenvalue weighted by molar-refractivity contribution is 6.04. The number of aromatic amines is 1. The van der Waals surface area contributed by atoms with E-state index in [9.17, 15) is 14.7 Å². The van der Waals surface area contributed by atoms with Crippen LogP contribution in [0.25, 0.3) is 11.2 Å². The van der Waals surface area contributed by atoms with E-state index in [1.807, 2.05) is 5.32 Å². The Morgan fingerprint density at radius 2 is 2.29 bits per heavy atom. The van der Waals surface area contributed by atoms with Gasteiger partial charge in [-0.3, -0.25) is 15.4 Å². The van der Waals surface area contributed by atoms with Crippen LogP contribution in [0, 0.1) is 6.33 Å². The van der Waals surface area contributed by atoms with Gasteiger partial charge < -0.3 is 15.8 Å². The van der Waals surface area contributed by atoms with Gasteiger partial charge in [-0.05, 0) is 6.42 Å². The molecule has 0 saturated heterocycles. The average molecular weight is 292 g/mol. The molecular formula is C11H14N7O3. The molecule has 0 aliphatic rings. The largest absolute Gasteiger partial charge is 0.391 e. The fourth-order valence-corrected chi connectivity index (χ4v) is 1.58. The predicted octanol–water partition coefficient (Wildman–Crippen LogP) is -1.10. The fourth-order valence-electron chi connectivity index (χ4n) is 1.58. The number of anilines is 1. The van der Waals surface area contributed by atoms with Crippen molar-refractivity contribution in [2.45, 2.75) is 25.5 Å². The van der Waals surface area contributed by atoms with E-state index < -0.39 is 24.1 Å². The van der Waals surface area contributed by atoms with Crippen LogP contribution in [0.1, 0.15) is 13.3 Å². The van der Waals surface area contributed by atoms with Crippen LogP contribution in [0.3, 0.4) is 0 Å². The van der Waals surface area contributed by atoms with Crippen molar-refractivity contribution in [1.82, 2.24) is 25.3 Å². The maximum absolute atomic E-state index is 11.7. The van der Waals surface area contributed by atoms with Crippen LogP contribution in [-0.4, -0.2) is 49.1 Å². The maximum Gasteiger partial charge on any atom is 0.327 e. The summed E-state index contributed by atoms with van der Waals surface area (Å²) in [6, 6.07) is -2.02. The molecule has 10 heteroatoms. The van der Waals surface area contributed by atoms with Crippen LogP contribution in [-0.2, 0) is 4.79 Å². The number of aliphatic hydroxyl groups excluding tert-OH is 1. The number of nitrogens with one attached hydrogen (secondary N) is 3. The van der Waals surface area contributed by atoms with Crippen LogP contribution in [0.5, 0.6) is 0 Å². The van der Waals surface area contributed by atoms with E-state index >= 15 is 0 Å². The van der Waals surface area contributed by atoms with Gasteiger partial charge in [0.05, 0.1) is 12.4 Å². The number of aromatic nitrogens is 4. The Morgan fingerprint density at radius 1 is 1.52 bits per heavy atom. The third kappa shape index (κ3) is 3.30. The Kier molecular flexibility index (Phi) is 4.40. The number of fused-ring (bicyclic) bond motifs is 1. The molecule has 2 aromatic heterocycles. The number of amides is 3. The topological polar surface area (TPSA) is 159 Å². The van der Waals surface area contributed by atoms with E-state index in [4.69, 9.17) is 5.73 Å². The molecule has 2 aromatic rings. The number of carbonyl (C=O) groups is 2. The molecule has 0 bridgehead atoms. The summed E-state index contributed by atoms with van der Waals surface area (Å²) in [5.74, 6) is -0.673. The molecule has 0 aliphatic heterocycles. The van der Waals surface area contributed by atoms with E-state index in [-0.39, 0.29) is 5.82 Å². The maximum atomic E-state index is 11.7. The van der Waals surface area contributed by atoms with Gasteiger partial charge in [-0.1, -0.05) is 6.92 Å². The molecule has 0 aliphatic carbocycles. The summed E-state index contributed by atoms with van der Waals surface area (Å²) >= 11 is 0. The number of hydrogen-bond acceptors (Lipinski definition) is 7. The zero-order valence-electron chi connectivity index (χ0n) is 11.1. The Morgan fingerprint density at radius 3 is 3.00 bits per heavy atom. The Hall–Kier alpha value is -2.59. The first-order valence-electron chi connectivity index (χ1n) is 6.15. The highest BCUT2D eigenvalue weighted by Crippen LogP contribution is 2.13. The van der Waals surface area contributed by atoms with E-state index in [1.54, 1.807) is 6.92 Å². The first-order valence-corrected chi connectivity index (χ1v) is 6.15. The first kappa shape index (κ1) is 14.8. The van der Waals surface area contributed by atoms with Crippen molar-refractivity contribution in [3.05, 3.63) is 12.7 Å². The van der Waals surface area contributed by atoms with E-state index in [0.717, 1.165) is 0 Å². The molecule has 0 spiro atoms. The SMILES string of the molecule is CCC(O)[C@H](N)C(=O)NC(=O)Nc1n[c]nc2nc[nH]c12. The van der Waals surface area contributed by atoms with Gasteiger partial charge in [0, 0.05) is 0 Å². The Labute approximate surface area is 119 Å². The molecule has 0 saturated carbocycles. The number of aliphatic hydroxyl groups is 1. The Balaban J connectivity index is 2.02. The van der Waals surface area contributed by atoms with Crippen molar-refractivity contribution in [1.29, 1.82) is 0 Å². The van der Waals surface area contributed by atoms with Crippen molar-refractivity contribution in [2.24, 2.45) is 5.73 Å². The summed E-state index contributed by atoms with van der Waals surface area (Å²) in [5, 5.41) is 13.8. The van der Waals surface area contributed by atoms with Crippen LogP contribution in [0.2, 0.25) is 0 Å². The number of hydrogen-bond donors (Lipinski definition) is 5. The highest BCUT2D eigenvalue weighted by atomic mass is 16.3. The van der Waals surface area contributed by atoms with E-state index in [0.29, 0.717) is 17.6 Å². The second-order valence-electron chi connectivity index (χ2n) is 4.22. The van der Waals surface area contributed by atoms with Gasteiger partial charge in [-0.2, -0.15) is 0 Å². The minimum absolute atomic E-state index is 0.118. The lowest BCUT2D eigenvalue weighted by Gasteiger charge is -2.16. The third-order valence-corrected chi connectivity index (χ3v) is 2.78. The number of urea groups is 1. The fraction of sp³-hybridized carbons (Fsp3) is 0.364. The minimum Gasteiger partial charge on any atom is -0.391 e. The van der Waals surface area contributed by atoms with Crippen LogP contribution in [0.4, 0.5) is 10.6 Å². The molecule has 21 heavy (non-hydrogen) atoms. The van der Waals surface area contributed by atoms with Crippen molar-refractivity contribution in [3.63, 3.8) is 0 Å². The van der Waals surface area contributed by atoms with Gasteiger partial charge >= 0.3 is 6.03 Å². The molecule has 0 aromatic carbocycles. The standard InChI is InChI=1S/C11H14N7O3/c1-2-5(19)6(12)10(20)18-11(21)17-9-7-8(14-3-13-7)15-4-16-9/h3,5-6,19H,2,12H2,1H3,(H3,13,14,15,16,17,18,20,21)/t5?,6-/m0/s1. The van der Waals surface area contributed by atoms with Gasteiger partial charge in [0.15, 0.2) is 11.5 Å². The minimum atomic E-state index is -1.19. The summed E-state index contributed by atoms with van der Waals surface area (Å²) in [7, 11) is 0. The average Bonchev–Trinajstić information content (AvgIpc) is 2.95. The molecule has 1 radical (unpaired) electrons. The number of rotatable bonds is 4. The number of nitrogens with zero attached hydrogens (tertiary/aromatic N) is 3. The van der Waals surface area contributed by atoms with Gasteiger partial charge in [0.2, 0.25) is 12.2 Å². The first-order chi connectivity index (χ1) is 10.0. The summed E-state index contributed by atoms with van der Waals surface area (Å²) in [6.07, 6.45) is 2.98. The number of imidazole rings is 1. The molecule has 2 rings (SSSR count).